The van der Waals surface area contributed by atoms with Crippen LogP contribution in [0.15, 0.2) is 23.7 Å². The van der Waals surface area contributed by atoms with Gasteiger partial charge in [0.2, 0.25) is 0 Å². The van der Waals surface area contributed by atoms with E-state index in [0.717, 1.165) is 5.06 Å². The van der Waals surface area contributed by atoms with E-state index in [2.05, 4.69) is 0 Å². The van der Waals surface area contributed by atoms with E-state index >= 15 is 0 Å². The van der Waals surface area contributed by atoms with Gasteiger partial charge in [0.25, 0.3) is 5.91 Å². The minimum atomic E-state index is -1.29. The lowest BCUT2D eigenvalue weighted by Crippen LogP contribution is -2.30. The third-order valence-corrected chi connectivity index (χ3v) is 3.15. The van der Waals surface area contributed by atoms with Gasteiger partial charge in [-0.25, -0.2) is 9.45 Å². The van der Waals surface area contributed by atoms with Gasteiger partial charge >= 0.3 is 5.97 Å². The second-order valence-corrected chi connectivity index (χ2v) is 4.35. The number of carbonyl (C=O) groups excluding carboxylic acids is 1. The molecule has 0 saturated carbocycles. The van der Waals surface area contributed by atoms with Crippen LogP contribution in [-0.2, 0) is 19.2 Å². The zero-order valence-electron chi connectivity index (χ0n) is 11.6. The molecule has 1 fully saturated rings. The summed E-state index contributed by atoms with van der Waals surface area (Å²) < 4.78 is 18.7. The molecule has 0 aromatic carbocycles. The Morgan fingerprint density at radius 2 is 2.20 bits per heavy atom. The van der Waals surface area contributed by atoms with E-state index in [4.69, 9.17) is 14.7 Å². The maximum Gasteiger partial charge on any atom is 0.316 e. The lowest BCUT2D eigenvalue weighted by atomic mass is 9.92. The van der Waals surface area contributed by atoms with Crippen LogP contribution in [0, 0.1) is 11.8 Å². The fourth-order valence-electron chi connectivity index (χ4n) is 2.14. The van der Waals surface area contributed by atoms with Crippen LogP contribution in [0.3, 0.4) is 0 Å². The number of ether oxygens (including phenoxy) is 1. The van der Waals surface area contributed by atoms with Gasteiger partial charge in [0.15, 0.2) is 0 Å². The quantitative estimate of drug-likeness (QED) is 0.455. The highest BCUT2D eigenvalue weighted by Crippen LogP contribution is 2.31. The number of carbonyl (C=O) groups is 2. The van der Waals surface area contributed by atoms with Gasteiger partial charge in [-0.15, -0.1) is 0 Å². The van der Waals surface area contributed by atoms with E-state index in [1.165, 1.54) is 20.3 Å². The number of nitrogens with zero attached hydrogens (tertiary/aromatic N) is 1. The molecule has 112 valence electrons. The van der Waals surface area contributed by atoms with Gasteiger partial charge in [-0.3, -0.25) is 14.4 Å². The van der Waals surface area contributed by atoms with Gasteiger partial charge in [-0.2, -0.15) is 0 Å². The number of hydrogen-bond donors (Lipinski definition) is 1. The molecule has 1 heterocycles. The maximum absolute atomic E-state index is 13.9. The number of aliphatic carboxylic acids is 1. The maximum atomic E-state index is 13.9. The van der Waals surface area contributed by atoms with E-state index < -0.39 is 29.5 Å². The molecule has 1 N–H and O–H groups in total. The van der Waals surface area contributed by atoms with E-state index in [1.54, 1.807) is 13.0 Å². The van der Waals surface area contributed by atoms with Crippen molar-refractivity contribution in [2.75, 3.05) is 20.8 Å². The molecule has 0 aromatic heterocycles. The Morgan fingerprint density at radius 1 is 1.55 bits per heavy atom. The number of hydroxylamine groups is 2. The number of halogens is 1. The van der Waals surface area contributed by atoms with Crippen LogP contribution in [0.5, 0.6) is 0 Å². The molecule has 1 aliphatic rings. The Hall–Kier alpha value is -1.89. The molecule has 20 heavy (non-hydrogen) atoms. The first kappa shape index (κ1) is 16.2. The van der Waals surface area contributed by atoms with E-state index in [1.807, 2.05) is 0 Å². The molecule has 0 unspecified atom stereocenters. The van der Waals surface area contributed by atoms with Crippen LogP contribution >= 0.6 is 0 Å². The van der Waals surface area contributed by atoms with Gasteiger partial charge < -0.3 is 9.84 Å². The smallest absolute Gasteiger partial charge is 0.316 e. The predicted molar refractivity (Wildman–Crippen MR) is 67.9 cm³/mol. The Balaban J connectivity index is 2.85. The molecular formula is C13H18FNO5. The van der Waals surface area contributed by atoms with Crippen LogP contribution in [0.1, 0.15) is 13.3 Å². The number of allylic oxidation sites excluding steroid dienone is 3. The minimum Gasteiger partial charge on any atom is -0.497 e. The first-order chi connectivity index (χ1) is 9.44. The number of amides is 1. The summed E-state index contributed by atoms with van der Waals surface area (Å²) in [5, 5.41) is 10.0. The lowest BCUT2D eigenvalue weighted by molar-refractivity contribution is -0.172. The number of hydrogen-bond acceptors (Lipinski definition) is 4. The van der Waals surface area contributed by atoms with Crippen molar-refractivity contribution >= 4 is 11.9 Å². The summed E-state index contributed by atoms with van der Waals surface area (Å²) in [4.78, 5) is 27.6. The molecule has 0 aliphatic carbocycles. The third-order valence-electron chi connectivity index (χ3n) is 3.15. The fraction of sp³-hybridized carbons (Fsp3) is 0.538. The van der Waals surface area contributed by atoms with Gasteiger partial charge in [0.05, 0.1) is 20.8 Å². The van der Waals surface area contributed by atoms with Crippen molar-refractivity contribution in [2.45, 2.75) is 13.3 Å². The summed E-state index contributed by atoms with van der Waals surface area (Å²) in [5.41, 5.74) is 0. The van der Waals surface area contributed by atoms with Gasteiger partial charge in [-0.05, 0) is 13.0 Å². The topological polar surface area (TPSA) is 76.1 Å². The summed E-state index contributed by atoms with van der Waals surface area (Å²) >= 11 is 0. The summed E-state index contributed by atoms with van der Waals surface area (Å²) in [7, 11) is 2.68. The van der Waals surface area contributed by atoms with Crippen molar-refractivity contribution in [2.24, 2.45) is 11.8 Å². The Bertz CT molecular complexity index is 446. The number of carboxylic acid groups (broad SMARTS) is 1. The Morgan fingerprint density at radius 3 is 2.65 bits per heavy atom. The van der Waals surface area contributed by atoms with E-state index in [0.29, 0.717) is 5.76 Å². The molecule has 1 amide bonds. The first-order valence-electron chi connectivity index (χ1n) is 6.09. The van der Waals surface area contributed by atoms with Crippen molar-refractivity contribution in [1.82, 2.24) is 5.06 Å². The van der Waals surface area contributed by atoms with E-state index in [-0.39, 0.29) is 13.0 Å². The second-order valence-electron chi connectivity index (χ2n) is 4.35. The monoisotopic (exact) mass is 287 g/mol. The molecule has 0 spiro atoms. The highest BCUT2D eigenvalue weighted by molar-refractivity contribution is 5.98. The van der Waals surface area contributed by atoms with Crippen LogP contribution in [0.25, 0.3) is 0 Å². The van der Waals surface area contributed by atoms with Gasteiger partial charge in [-0.1, -0.05) is 0 Å². The van der Waals surface area contributed by atoms with Crippen LogP contribution in [-0.4, -0.2) is 42.8 Å². The largest absolute Gasteiger partial charge is 0.497 e. The van der Waals surface area contributed by atoms with Gasteiger partial charge in [0, 0.05) is 18.4 Å². The van der Waals surface area contributed by atoms with Crippen LogP contribution < -0.4 is 0 Å². The van der Waals surface area contributed by atoms with Crippen molar-refractivity contribution in [1.29, 1.82) is 0 Å². The van der Waals surface area contributed by atoms with Crippen molar-refractivity contribution in [3.63, 3.8) is 0 Å². The fourth-order valence-corrected chi connectivity index (χ4v) is 2.14. The van der Waals surface area contributed by atoms with Gasteiger partial charge in [0.1, 0.15) is 17.5 Å². The second kappa shape index (κ2) is 7.04. The average Bonchev–Trinajstić information content (AvgIpc) is 2.71. The highest BCUT2D eigenvalue weighted by atomic mass is 19.1. The number of methoxy groups -OCH3 is 1. The molecular weight excluding hydrogens is 269 g/mol. The summed E-state index contributed by atoms with van der Waals surface area (Å²) in [6.07, 6.45) is 2.59. The Kier molecular flexibility index (Phi) is 5.69. The number of carboxylic acids is 1. The molecule has 1 saturated heterocycles. The normalized spacial score (nSPS) is 24.2. The minimum absolute atomic E-state index is 0.0473. The molecule has 0 bridgehead atoms. The van der Waals surface area contributed by atoms with Crippen LogP contribution in [0.2, 0.25) is 0 Å². The summed E-state index contributed by atoms with van der Waals surface area (Å²) in [5.74, 6) is -4.10. The summed E-state index contributed by atoms with van der Waals surface area (Å²) in [6, 6.07) is 0. The van der Waals surface area contributed by atoms with Crippen molar-refractivity contribution < 1.29 is 28.7 Å². The Labute approximate surface area is 116 Å². The molecule has 7 heteroatoms. The SMILES string of the molecule is C/C=C(\C=C(\F)C[C@@H]1CN(OC)C(=O)[C@H]1C(=O)O)OC. The van der Waals surface area contributed by atoms with Crippen LogP contribution in [0.4, 0.5) is 4.39 Å². The zero-order valence-corrected chi connectivity index (χ0v) is 11.6. The van der Waals surface area contributed by atoms with E-state index in [9.17, 15) is 14.0 Å². The van der Waals surface area contributed by atoms with Crippen molar-refractivity contribution in [3.05, 3.63) is 23.7 Å². The third kappa shape index (κ3) is 3.57. The van der Waals surface area contributed by atoms with Crippen molar-refractivity contribution in [3.8, 4) is 0 Å². The predicted octanol–water partition coefficient (Wildman–Crippen LogP) is 1.50. The highest BCUT2D eigenvalue weighted by Gasteiger charge is 2.45. The molecule has 1 aliphatic heterocycles. The first-order valence-corrected chi connectivity index (χ1v) is 6.09. The molecule has 1 rings (SSSR count). The molecule has 6 nitrogen and oxygen atoms in total. The zero-order chi connectivity index (χ0) is 15.3. The molecule has 2 atom stereocenters. The molecule has 0 aromatic rings. The molecule has 0 radical (unpaired) electrons. The summed E-state index contributed by atoms with van der Waals surface area (Å²) in [6.45, 7) is 1.74. The standard InChI is InChI=1S/C13H18FNO5/c1-4-10(19-2)6-9(14)5-8-7-15(20-3)12(16)11(8)13(17)18/h4,6,8,11H,5,7H2,1-3H3,(H,17,18)/b9-6+,10-4+/t8-,11+/m1/s1. The lowest BCUT2D eigenvalue weighted by Gasteiger charge is -2.12. The number of rotatable bonds is 6. The average molecular weight is 287 g/mol.